The van der Waals surface area contributed by atoms with Crippen molar-refractivity contribution in [2.75, 3.05) is 6.26 Å². The molecule has 0 spiro atoms. The van der Waals surface area contributed by atoms with E-state index in [1.54, 1.807) is 12.1 Å². The second-order valence-corrected chi connectivity index (χ2v) is 7.84. The van der Waals surface area contributed by atoms with Gasteiger partial charge in [0, 0.05) is 7.97 Å². The van der Waals surface area contributed by atoms with E-state index in [0.29, 0.717) is 11.3 Å². The quantitative estimate of drug-likeness (QED) is 0.583. The molecule has 4 rings (SSSR count). The van der Waals surface area contributed by atoms with Crippen LogP contribution in [0.5, 0.6) is 0 Å². The highest BCUT2D eigenvalue weighted by Gasteiger charge is 2.30. The lowest BCUT2D eigenvalue weighted by Gasteiger charge is -2.07. The van der Waals surface area contributed by atoms with Gasteiger partial charge in [0.15, 0.2) is 5.82 Å². The number of benzene rings is 2. The van der Waals surface area contributed by atoms with Crippen LogP contribution < -0.4 is 10.3 Å². The van der Waals surface area contributed by atoms with Crippen LogP contribution in [0.3, 0.4) is 0 Å². The standard InChI is InChI=1S/C17H12FN3O4S.H2/c1-26(24,25)19-8-9-2-4-11-13(6-9)20-16-15(22)12-7-10(18)3-5-14(12)21(16)17(11)23;/h2-7,19H,8H2,1H3;1H. The zero-order valence-electron chi connectivity index (χ0n) is 13.5. The van der Waals surface area contributed by atoms with Crippen LogP contribution in [0.15, 0.2) is 41.2 Å². The second-order valence-electron chi connectivity index (χ2n) is 6.01. The Morgan fingerprint density at radius 1 is 1.19 bits per heavy atom. The van der Waals surface area contributed by atoms with Crippen molar-refractivity contribution in [2.45, 2.75) is 6.54 Å². The monoisotopic (exact) mass is 375 g/mol. The van der Waals surface area contributed by atoms with E-state index in [1.807, 2.05) is 0 Å². The number of ketones is 1. The van der Waals surface area contributed by atoms with Crippen molar-refractivity contribution in [1.82, 2.24) is 14.3 Å². The third-order valence-electron chi connectivity index (χ3n) is 4.12. The Bertz CT molecular complexity index is 1270. The third-order valence-corrected chi connectivity index (χ3v) is 4.79. The molecule has 0 unspecified atom stereocenters. The van der Waals surface area contributed by atoms with Crippen molar-refractivity contribution in [3.8, 4) is 5.69 Å². The molecule has 0 saturated heterocycles. The largest absolute Gasteiger partial charge is 0.285 e. The van der Waals surface area contributed by atoms with Gasteiger partial charge in [-0.3, -0.25) is 14.2 Å². The van der Waals surface area contributed by atoms with Crippen LogP contribution in [0.4, 0.5) is 4.39 Å². The molecule has 0 radical (unpaired) electrons. The van der Waals surface area contributed by atoms with E-state index in [9.17, 15) is 22.4 Å². The molecule has 2 aromatic carbocycles. The first-order valence-electron chi connectivity index (χ1n) is 7.59. The summed E-state index contributed by atoms with van der Waals surface area (Å²) in [7, 11) is -3.37. The van der Waals surface area contributed by atoms with Crippen LogP contribution in [0.1, 0.15) is 23.2 Å². The van der Waals surface area contributed by atoms with Crippen molar-refractivity contribution in [3.63, 3.8) is 0 Å². The molecule has 1 aromatic heterocycles. The maximum Gasteiger partial charge on any atom is 0.266 e. The Morgan fingerprint density at radius 2 is 1.96 bits per heavy atom. The minimum Gasteiger partial charge on any atom is -0.285 e. The van der Waals surface area contributed by atoms with Crippen LogP contribution >= 0.6 is 0 Å². The summed E-state index contributed by atoms with van der Waals surface area (Å²) in [6, 6.07) is 8.32. The number of carbonyl (C=O) groups is 1. The van der Waals surface area contributed by atoms with Crippen molar-refractivity contribution in [3.05, 3.63) is 69.5 Å². The van der Waals surface area contributed by atoms with E-state index in [-0.39, 0.29) is 30.3 Å². The summed E-state index contributed by atoms with van der Waals surface area (Å²) >= 11 is 0. The molecule has 7 nitrogen and oxygen atoms in total. The number of carbonyl (C=O) groups excluding carboxylic acids is 1. The average Bonchev–Trinajstić information content (AvgIpc) is 2.85. The van der Waals surface area contributed by atoms with E-state index >= 15 is 0 Å². The normalized spacial score (nSPS) is 13.1. The van der Waals surface area contributed by atoms with Gasteiger partial charge in [-0.25, -0.2) is 22.5 Å². The van der Waals surface area contributed by atoms with Gasteiger partial charge in [-0.15, -0.1) is 0 Å². The highest BCUT2D eigenvalue weighted by atomic mass is 32.2. The number of fused-ring (bicyclic) bond motifs is 4. The fraction of sp³-hybridized carbons (Fsp3) is 0.118. The Hall–Kier alpha value is -2.91. The van der Waals surface area contributed by atoms with Gasteiger partial charge in [0.25, 0.3) is 5.56 Å². The van der Waals surface area contributed by atoms with Crippen molar-refractivity contribution in [1.29, 1.82) is 0 Å². The number of hydrogen-bond donors (Lipinski definition) is 1. The fourth-order valence-corrected chi connectivity index (χ4v) is 3.37. The van der Waals surface area contributed by atoms with Crippen LogP contribution in [0, 0.1) is 5.82 Å². The van der Waals surface area contributed by atoms with Crippen LogP contribution in [-0.4, -0.2) is 30.0 Å². The number of nitrogens with zero attached hydrogens (tertiary/aromatic N) is 2. The van der Waals surface area contributed by atoms with Crippen molar-refractivity contribution in [2.24, 2.45) is 0 Å². The highest BCUT2D eigenvalue weighted by Crippen LogP contribution is 2.27. The average molecular weight is 375 g/mol. The van der Waals surface area contributed by atoms with E-state index in [2.05, 4.69) is 9.71 Å². The Balaban J connectivity index is 0.00000210. The van der Waals surface area contributed by atoms with Gasteiger partial charge in [0.05, 0.1) is 28.4 Å². The summed E-state index contributed by atoms with van der Waals surface area (Å²) in [6.07, 6.45) is 1.04. The van der Waals surface area contributed by atoms with Gasteiger partial charge in [-0.2, -0.15) is 0 Å². The lowest BCUT2D eigenvalue weighted by atomic mass is 10.1. The molecule has 1 aliphatic heterocycles. The fourth-order valence-electron chi connectivity index (χ4n) is 2.94. The predicted octanol–water partition coefficient (Wildman–Crippen LogP) is 1.36. The zero-order valence-corrected chi connectivity index (χ0v) is 14.3. The molecule has 9 heteroatoms. The summed E-state index contributed by atoms with van der Waals surface area (Å²) in [5.41, 5.74) is 0.813. The lowest BCUT2D eigenvalue weighted by Crippen LogP contribution is -2.23. The molecule has 134 valence electrons. The number of halogens is 1. The first kappa shape index (κ1) is 16.6. The predicted molar refractivity (Wildman–Crippen MR) is 94.5 cm³/mol. The Labute approximate surface area is 148 Å². The van der Waals surface area contributed by atoms with Gasteiger partial charge in [-0.1, -0.05) is 6.07 Å². The number of sulfonamides is 1. The second kappa shape index (κ2) is 5.55. The van der Waals surface area contributed by atoms with Crippen LogP contribution in [0.25, 0.3) is 16.6 Å². The molecule has 0 aliphatic carbocycles. The number of nitrogens with one attached hydrogen (secondary N) is 1. The minimum absolute atomic E-state index is 0. The topological polar surface area (TPSA) is 98.1 Å². The first-order chi connectivity index (χ1) is 12.2. The van der Waals surface area contributed by atoms with E-state index < -0.39 is 27.2 Å². The van der Waals surface area contributed by atoms with E-state index in [1.165, 1.54) is 22.8 Å². The number of rotatable bonds is 3. The molecular formula is C17H14FN3O4S. The molecule has 1 aliphatic rings. The molecular weight excluding hydrogens is 361 g/mol. The Kier molecular flexibility index (Phi) is 3.53. The molecule has 0 amide bonds. The van der Waals surface area contributed by atoms with Gasteiger partial charge in [-0.05, 0) is 35.9 Å². The summed E-state index contributed by atoms with van der Waals surface area (Å²) in [4.78, 5) is 29.6. The SMILES string of the molecule is CS(=O)(=O)NCc1ccc2c(=O)n3c(nc2c1)C(=O)c1cc(F)ccc1-3.[HH]. The van der Waals surface area contributed by atoms with Crippen molar-refractivity contribution >= 4 is 26.7 Å². The van der Waals surface area contributed by atoms with Gasteiger partial charge < -0.3 is 0 Å². The number of aromatic nitrogens is 2. The highest BCUT2D eigenvalue weighted by molar-refractivity contribution is 7.88. The lowest BCUT2D eigenvalue weighted by molar-refractivity contribution is 0.103. The molecule has 0 saturated carbocycles. The molecule has 2 heterocycles. The van der Waals surface area contributed by atoms with Gasteiger partial charge >= 0.3 is 0 Å². The van der Waals surface area contributed by atoms with Gasteiger partial charge in [0.1, 0.15) is 5.82 Å². The van der Waals surface area contributed by atoms with Crippen LogP contribution in [0.2, 0.25) is 0 Å². The van der Waals surface area contributed by atoms with E-state index in [4.69, 9.17) is 0 Å². The molecule has 0 atom stereocenters. The van der Waals surface area contributed by atoms with Gasteiger partial charge in [0.2, 0.25) is 15.8 Å². The molecule has 3 aromatic rings. The Morgan fingerprint density at radius 3 is 2.69 bits per heavy atom. The summed E-state index contributed by atoms with van der Waals surface area (Å²) in [5, 5.41) is 0.279. The van der Waals surface area contributed by atoms with Crippen LogP contribution in [-0.2, 0) is 16.6 Å². The molecule has 26 heavy (non-hydrogen) atoms. The molecule has 1 N–H and O–H groups in total. The molecule has 0 fully saturated rings. The summed E-state index contributed by atoms with van der Waals surface area (Å²) in [6.45, 7) is 0.0360. The van der Waals surface area contributed by atoms with E-state index in [0.717, 1.165) is 12.3 Å². The van der Waals surface area contributed by atoms with Crippen molar-refractivity contribution < 1.29 is 19.0 Å². The summed E-state index contributed by atoms with van der Waals surface area (Å²) in [5.74, 6) is -1.19. The first-order valence-corrected chi connectivity index (χ1v) is 9.49. The summed E-state index contributed by atoms with van der Waals surface area (Å²) < 4.78 is 39.4. The minimum atomic E-state index is -3.37. The maximum atomic E-state index is 13.5. The smallest absolute Gasteiger partial charge is 0.266 e. The zero-order chi connectivity index (χ0) is 18.6. The maximum absolute atomic E-state index is 13.5. The number of hydrogen-bond acceptors (Lipinski definition) is 5. The third kappa shape index (κ3) is 2.61. The molecule has 0 bridgehead atoms.